The van der Waals surface area contributed by atoms with E-state index in [0.29, 0.717) is 17.6 Å². The number of benzene rings is 1. The highest BCUT2D eigenvalue weighted by atomic mass is 16.1. The number of nitrogens with zero attached hydrogens (tertiary/aromatic N) is 2. The summed E-state index contributed by atoms with van der Waals surface area (Å²) in [4.78, 5) is 20.1. The summed E-state index contributed by atoms with van der Waals surface area (Å²) < 4.78 is 0. The van der Waals surface area contributed by atoms with Crippen LogP contribution >= 0.6 is 0 Å². The minimum absolute atomic E-state index is 0.199. The fourth-order valence-corrected chi connectivity index (χ4v) is 1.59. The van der Waals surface area contributed by atoms with Gasteiger partial charge in [-0.05, 0) is 18.9 Å². The van der Waals surface area contributed by atoms with Crippen molar-refractivity contribution in [3.8, 4) is 0 Å². The summed E-state index contributed by atoms with van der Waals surface area (Å²) in [5.74, 6) is 0. The first-order chi connectivity index (χ1) is 7.81. The van der Waals surface area contributed by atoms with Gasteiger partial charge in [-0.1, -0.05) is 31.5 Å². The van der Waals surface area contributed by atoms with E-state index >= 15 is 0 Å². The third kappa shape index (κ3) is 2.24. The zero-order valence-electron chi connectivity index (χ0n) is 9.31. The van der Waals surface area contributed by atoms with Crippen LogP contribution in [0.15, 0.2) is 35.3 Å². The summed E-state index contributed by atoms with van der Waals surface area (Å²) in [7, 11) is 0. The van der Waals surface area contributed by atoms with Gasteiger partial charge >= 0.3 is 0 Å². The lowest BCUT2D eigenvalue weighted by atomic mass is 10.2. The zero-order chi connectivity index (χ0) is 11.4. The van der Waals surface area contributed by atoms with Gasteiger partial charge in [0.05, 0.1) is 5.52 Å². The van der Waals surface area contributed by atoms with E-state index in [9.17, 15) is 4.79 Å². The summed E-state index contributed by atoms with van der Waals surface area (Å²) >= 11 is 0. The average Bonchev–Trinajstić information content (AvgIpc) is 2.45. The molecule has 0 atom stereocenters. The van der Waals surface area contributed by atoms with E-state index < -0.39 is 0 Å². The van der Waals surface area contributed by atoms with Crippen molar-refractivity contribution in [1.82, 2.24) is 9.97 Å². The Bertz CT molecular complexity index is 552. The third-order valence-electron chi connectivity index (χ3n) is 2.53. The predicted molar refractivity (Wildman–Crippen MR) is 64.4 cm³/mol. The molecule has 0 saturated carbocycles. The van der Waals surface area contributed by atoms with E-state index in [2.05, 4.69) is 16.9 Å². The fourth-order valence-electron chi connectivity index (χ4n) is 1.59. The van der Waals surface area contributed by atoms with Crippen LogP contribution in [-0.2, 0) is 6.42 Å². The van der Waals surface area contributed by atoms with Crippen LogP contribution < -0.4 is 5.56 Å². The smallest absolute Gasteiger partial charge is 0.265 e. The van der Waals surface area contributed by atoms with Gasteiger partial charge in [-0.3, -0.25) is 9.78 Å². The molecule has 2 rings (SSSR count). The van der Waals surface area contributed by atoms with Crippen molar-refractivity contribution in [2.75, 3.05) is 0 Å². The van der Waals surface area contributed by atoms with Gasteiger partial charge < -0.3 is 0 Å². The van der Waals surface area contributed by atoms with Crippen LogP contribution in [0.5, 0.6) is 0 Å². The van der Waals surface area contributed by atoms with E-state index in [1.54, 1.807) is 6.20 Å². The highest BCUT2D eigenvalue weighted by Gasteiger charge is 2.01. The molecular formula is C13H14N2O. The molecule has 0 radical (unpaired) electrons. The molecule has 1 aromatic heterocycles. The number of unbranched alkanes of at least 4 members (excludes halogenated alkanes) is 1. The number of hydrogen-bond acceptors (Lipinski definition) is 3. The molecule has 0 aliphatic heterocycles. The molecule has 0 saturated heterocycles. The molecule has 0 N–H and O–H groups in total. The van der Waals surface area contributed by atoms with Gasteiger partial charge in [0.1, 0.15) is 5.69 Å². The zero-order valence-corrected chi connectivity index (χ0v) is 9.31. The molecule has 1 aromatic carbocycles. The van der Waals surface area contributed by atoms with Crippen molar-refractivity contribution >= 4 is 10.9 Å². The minimum Gasteiger partial charge on any atom is -0.265 e. The van der Waals surface area contributed by atoms with Crippen molar-refractivity contribution in [3.63, 3.8) is 0 Å². The Labute approximate surface area is 94.2 Å². The second-order valence-corrected chi connectivity index (χ2v) is 3.78. The van der Waals surface area contributed by atoms with Crippen LogP contribution in [0, 0.1) is 0 Å². The van der Waals surface area contributed by atoms with Crippen LogP contribution in [0.25, 0.3) is 10.9 Å². The maximum absolute atomic E-state index is 11.8. The molecule has 0 aliphatic rings. The van der Waals surface area contributed by atoms with Crippen LogP contribution in [0.2, 0.25) is 0 Å². The number of para-hydroxylation sites is 1. The maximum Gasteiger partial charge on any atom is 0.291 e. The lowest BCUT2D eigenvalue weighted by molar-refractivity contribution is 0.770. The second kappa shape index (κ2) is 4.84. The van der Waals surface area contributed by atoms with E-state index in [1.807, 2.05) is 24.3 Å². The van der Waals surface area contributed by atoms with E-state index in [-0.39, 0.29) is 5.56 Å². The molecule has 3 heteroatoms. The average molecular weight is 214 g/mol. The lowest BCUT2D eigenvalue weighted by Gasteiger charge is -1.91. The van der Waals surface area contributed by atoms with Crippen molar-refractivity contribution in [2.45, 2.75) is 26.2 Å². The summed E-state index contributed by atoms with van der Waals surface area (Å²) in [6.07, 6.45) is 4.47. The Morgan fingerprint density at radius 2 is 2.06 bits per heavy atom. The van der Waals surface area contributed by atoms with Gasteiger partial charge in [-0.15, -0.1) is 0 Å². The molecule has 1 heterocycles. The number of fused-ring (bicyclic) bond motifs is 1. The van der Waals surface area contributed by atoms with Gasteiger partial charge in [0.15, 0.2) is 0 Å². The summed E-state index contributed by atoms with van der Waals surface area (Å²) in [6, 6.07) is 7.54. The second-order valence-electron chi connectivity index (χ2n) is 3.78. The maximum atomic E-state index is 11.8. The van der Waals surface area contributed by atoms with Crippen LogP contribution in [0.4, 0.5) is 0 Å². The van der Waals surface area contributed by atoms with E-state index in [1.165, 1.54) is 0 Å². The highest BCUT2D eigenvalue weighted by molar-refractivity contribution is 5.76. The van der Waals surface area contributed by atoms with Gasteiger partial charge in [-0.2, -0.15) is 0 Å². The Balaban J connectivity index is 2.54. The first-order valence-electron chi connectivity index (χ1n) is 5.56. The standard InChI is InChI=1S/C13H14N2O/c1-2-3-7-12-13(16)15-11-8-5-4-6-10(11)9-14-12/h4-6,8-9H,2-3,7H2,1H3. The molecule has 0 unspecified atom stereocenters. The van der Waals surface area contributed by atoms with Crippen molar-refractivity contribution < 1.29 is 0 Å². The highest BCUT2D eigenvalue weighted by Crippen LogP contribution is 2.06. The molecule has 0 aliphatic carbocycles. The van der Waals surface area contributed by atoms with Crippen molar-refractivity contribution in [2.24, 2.45) is 0 Å². The first kappa shape index (κ1) is 10.7. The van der Waals surface area contributed by atoms with Gasteiger partial charge in [-0.25, -0.2) is 4.98 Å². The fraction of sp³-hybridized carbons (Fsp3) is 0.308. The molecule has 0 fully saturated rings. The molecule has 3 nitrogen and oxygen atoms in total. The summed E-state index contributed by atoms with van der Waals surface area (Å²) in [6.45, 7) is 2.09. The van der Waals surface area contributed by atoms with Gasteiger partial charge in [0, 0.05) is 11.6 Å². The topological polar surface area (TPSA) is 42.9 Å². The van der Waals surface area contributed by atoms with Gasteiger partial charge in [0.25, 0.3) is 5.56 Å². The SMILES string of the molecule is CCCCc1ncc2ccccc2nc1=O. The molecular weight excluding hydrogens is 200 g/mol. The first-order valence-corrected chi connectivity index (χ1v) is 5.56. The number of aryl methyl sites for hydroxylation is 1. The Kier molecular flexibility index (Phi) is 3.25. The molecule has 0 bridgehead atoms. The number of hydrogen-bond donors (Lipinski definition) is 0. The summed E-state index contributed by atoms with van der Waals surface area (Å²) in [5, 5.41) is 0.905. The third-order valence-corrected chi connectivity index (χ3v) is 2.53. The van der Waals surface area contributed by atoms with E-state index in [4.69, 9.17) is 0 Å². The quantitative estimate of drug-likeness (QED) is 0.787. The normalized spacial score (nSPS) is 10.6. The predicted octanol–water partition coefficient (Wildman–Crippen LogP) is 2.33. The van der Waals surface area contributed by atoms with Crippen LogP contribution in [-0.4, -0.2) is 9.97 Å². The number of aromatic nitrogens is 2. The minimum atomic E-state index is -0.199. The Morgan fingerprint density at radius 1 is 1.25 bits per heavy atom. The molecule has 0 amide bonds. The number of rotatable bonds is 3. The monoisotopic (exact) mass is 214 g/mol. The van der Waals surface area contributed by atoms with Crippen LogP contribution in [0.1, 0.15) is 25.5 Å². The molecule has 16 heavy (non-hydrogen) atoms. The van der Waals surface area contributed by atoms with Crippen molar-refractivity contribution in [1.29, 1.82) is 0 Å². The largest absolute Gasteiger partial charge is 0.291 e. The van der Waals surface area contributed by atoms with Crippen molar-refractivity contribution in [3.05, 3.63) is 46.5 Å². The Morgan fingerprint density at radius 3 is 2.88 bits per heavy atom. The van der Waals surface area contributed by atoms with E-state index in [0.717, 1.165) is 18.2 Å². The molecule has 0 spiro atoms. The Hall–Kier alpha value is -1.77. The lowest BCUT2D eigenvalue weighted by Crippen LogP contribution is -2.10. The molecule has 2 aromatic rings. The molecule has 82 valence electrons. The van der Waals surface area contributed by atoms with Gasteiger partial charge in [0.2, 0.25) is 0 Å². The summed E-state index contributed by atoms with van der Waals surface area (Å²) in [5.41, 5.74) is 1.08. The van der Waals surface area contributed by atoms with Crippen LogP contribution in [0.3, 0.4) is 0 Å².